The van der Waals surface area contributed by atoms with Crippen molar-refractivity contribution >= 4 is 28.1 Å². The smallest absolute Gasteiger partial charge is 0.185 e. The van der Waals surface area contributed by atoms with E-state index in [1.807, 2.05) is 13.1 Å². The molecule has 0 unspecified atom stereocenters. The molecule has 0 aliphatic carbocycles. The quantitative estimate of drug-likeness (QED) is 0.819. The van der Waals surface area contributed by atoms with E-state index in [2.05, 4.69) is 15.2 Å². The van der Waals surface area contributed by atoms with Crippen LogP contribution in [0.2, 0.25) is 5.15 Å². The van der Waals surface area contributed by atoms with Crippen molar-refractivity contribution in [3.05, 3.63) is 10.0 Å². The summed E-state index contributed by atoms with van der Waals surface area (Å²) in [6, 6.07) is 2.00. The number of likely N-dealkylation sites (N-methyl/N-ethyl adjacent to an activating group) is 1. The third-order valence-corrected chi connectivity index (χ3v) is 3.44. The second kappa shape index (κ2) is 7.45. The van der Waals surface area contributed by atoms with Crippen LogP contribution in [0.15, 0.2) is 0 Å². The lowest BCUT2D eigenvalue weighted by Crippen LogP contribution is -2.28. The summed E-state index contributed by atoms with van der Waals surface area (Å²) in [4.78, 5) is 6.64. The van der Waals surface area contributed by atoms with Gasteiger partial charge in [-0.3, -0.25) is 0 Å². The van der Waals surface area contributed by atoms with E-state index >= 15 is 0 Å². The van der Waals surface area contributed by atoms with Crippen LogP contribution in [-0.4, -0.2) is 50.3 Å². The summed E-state index contributed by atoms with van der Waals surface area (Å²) in [6.45, 7) is 3.25. The zero-order valence-electron chi connectivity index (χ0n) is 9.86. The topological polar surface area (TPSA) is 61.2 Å². The largest absolute Gasteiger partial charge is 0.383 e. The van der Waals surface area contributed by atoms with Gasteiger partial charge in [0.05, 0.1) is 6.61 Å². The van der Waals surface area contributed by atoms with Gasteiger partial charge in [0.15, 0.2) is 10.3 Å². The number of nitrogens with zero attached hydrogens (tertiary/aromatic N) is 3. The molecule has 0 aliphatic rings. The number of nitriles is 1. The third kappa shape index (κ3) is 4.88. The Balaban J connectivity index is 2.28. The average molecular weight is 275 g/mol. The maximum absolute atomic E-state index is 8.73. The number of anilines is 1. The summed E-state index contributed by atoms with van der Waals surface area (Å²) in [6.07, 6.45) is 0. The van der Waals surface area contributed by atoms with Crippen molar-refractivity contribution in [2.75, 3.05) is 45.7 Å². The number of ether oxygens (including phenoxy) is 1. The summed E-state index contributed by atoms with van der Waals surface area (Å²) in [5.74, 6) is 0. The molecule has 1 aromatic rings. The minimum atomic E-state index is 0.271. The molecule has 1 N–H and O–H groups in total. The summed E-state index contributed by atoms with van der Waals surface area (Å²) >= 11 is 7.04. The maximum Gasteiger partial charge on any atom is 0.185 e. The van der Waals surface area contributed by atoms with Crippen LogP contribution < -0.4 is 5.32 Å². The van der Waals surface area contributed by atoms with E-state index in [1.165, 1.54) is 11.3 Å². The van der Waals surface area contributed by atoms with Gasteiger partial charge in [-0.05, 0) is 7.05 Å². The van der Waals surface area contributed by atoms with Crippen LogP contribution in [0, 0.1) is 11.3 Å². The molecule has 0 amide bonds. The van der Waals surface area contributed by atoms with Crippen molar-refractivity contribution in [2.24, 2.45) is 0 Å². The van der Waals surface area contributed by atoms with Crippen LogP contribution in [0.4, 0.5) is 5.13 Å². The van der Waals surface area contributed by atoms with Gasteiger partial charge in [0.1, 0.15) is 10.9 Å². The lowest BCUT2D eigenvalue weighted by atomic mass is 10.5. The number of hydrogen-bond acceptors (Lipinski definition) is 6. The van der Waals surface area contributed by atoms with E-state index in [0.29, 0.717) is 10.0 Å². The Kier molecular flexibility index (Phi) is 6.22. The lowest BCUT2D eigenvalue weighted by molar-refractivity contribution is 0.163. The molecule has 7 heteroatoms. The van der Waals surface area contributed by atoms with Gasteiger partial charge < -0.3 is 15.0 Å². The van der Waals surface area contributed by atoms with Crippen molar-refractivity contribution in [1.82, 2.24) is 9.88 Å². The fourth-order valence-corrected chi connectivity index (χ4v) is 2.13. The second-order valence-corrected chi connectivity index (χ2v) is 4.83. The van der Waals surface area contributed by atoms with Crippen molar-refractivity contribution < 1.29 is 4.74 Å². The van der Waals surface area contributed by atoms with Crippen molar-refractivity contribution in [1.29, 1.82) is 5.26 Å². The Labute approximate surface area is 110 Å². The summed E-state index contributed by atoms with van der Waals surface area (Å²) in [5.41, 5.74) is 0. The Bertz CT molecular complexity index is 390. The van der Waals surface area contributed by atoms with Gasteiger partial charge in [-0.15, -0.1) is 0 Å². The summed E-state index contributed by atoms with van der Waals surface area (Å²) in [7, 11) is 3.71. The first-order valence-electron chi connectivity index (χ1n) is 5.15. The number of nitrogens with one attached hydrogen (secondary N) is 1. The van der Waals surface area contributed by atoms with E-state index in [0.717, 1.165) is 26.2 Å². The first kappa shape index (κ1) is 14.2. The van der Waals surface area contributed by atoms with Gasteiger partial charge in [0, 0.05) is 26.7 Å². The lowest BCUT2D eigenvalue weighted by Gasteiger charge is -2.15. The van der Waals surface area contributed by atoms with E-state index < -0.39 is 0 Å². The minimum absolute atomic E-state index is 0.271. The minimum Gasteiger partial charge on any atom is -0.383 e. The molecule has 0 aromatic carbocycles. The van der Waals surface area contributed by atoms with Crippen LogP contribution in [-0.2, 0) is 4.74 Å². The highest BCUT2D eigenvalue weighted by Gasteiger charge is 2.07. The molecule has 0 radical (unpaired) electrons. The molecule has 1 heterocycles. The highest BCUT2D eigenvalue weighted by molar-refractivity contribution is 7.16. The van der Waals surface area contributed by atoms with Crippen molar-refractivity contribution in [2.45, 2.75) is 0 Å². The first-order chi connectivity index (χ1) is 8.17. The van der Waals surface area contributed by atoms with Gasteiger partial charge in [0.2, 0.25) is 0 Å². The Morgan fingerprint density at radius 3 is 2.94 bits per heavy atom. The zero-order chi connectivity index (χ0) is 12.7. The Morgan fingerprint density at radius 2 is 2.35 bits per heavy atom. The number of thiazole rings is 1. The SMILES string of the molecule is COCCN(C)CCNc1nc(Cl)c(C#N)s1. The predicted octanol–water partition coefficient (Wildman–Crippen LogP) is 1.66. The van der Waals surface area contributed by atoms with Crippen molar-refractivity contribution in [3.63, 3.8) is 0 Å². The zero-order valence-corrected chi connectivity index (χ0v) is 11.4. The molecule has 17 heavy (non-hydrogen) atoms. The van der Waals surface area contributed by atoms with Gasteiger partial charge in [-0.2, -0.15) is 5.26 Å². The summed E-state index contributed by atoms with van der Waals surface area (Å²) < 4.78 is 4.98. The van der Waals surface area contributed by atoms with Gasteiger partial charge in [-0.25, -0.2) is 4.98 Å². The fourth-order valence-electron chi connectivity index (χ4n) is 1.16. The van der Waals surface area contributed by atoms with E-state index in [1.54, 1.807) is 7.11 Å². The number of rotatable bonds is 7. The van der Waals surface area contributed by atoms with Crippen LogP contribution >= 0.6 is 22.9 Å². The van der Waals surface area contributed by atoms with Gasteiger partial charge >= 0.3 is 0 Å². The molecule has 1 aromatic heterocycles. The third-order valence-electron chi connectivity index (χ3n) is 2.13. The molecule has 0 atom stereocenters. The maximum atomic E-state index is 8.73. The van der Waals surface area contributed by atoms with Crippen LogP contribution in [0.3, 0.4) is 0 Å². The van der Waals surface area contributed by atoms with Crippen molar-refractivity contribution in [3.8, 4) is 6.07 Å². The number of hydrogen-bond donors (Lipinski definition) is 1. The predicted molar refractivity (Wildman–Crippen MR) is 69.7 cm³/mol. The van der Waals surface area contributed by atoms with Crippen LogP contribution in [0.1, 0.15) is 4.88 Å². The number of methoxy groups -OCH3 is 1. The monoisotopic (exact) mass is 274 g/mol. The van der Waals surface area contributed by atoms with E-state index in [9.17, 15) is 0 Å². The molecule has 94 valence electrons. The molecular weight excluding hydrogens is 260 g/mol. The van der Waals surface area contributed by atoms with Gasteiger partial charge in [0.25, 0.3) is 0 Å². The van der Waals surface area contributed by atoms with Crippen LogP contribution in [0.25, 0.3) is 0 Å². The fraction of sp³-hybridized carbons (Fsp3) is 0.600. The molecule has 0 saturated carbocycles. The molecule has 0 bridgehead atoms. The van der Waals surface area contributed by atoms with Crippen LogP contribution in [0.5, 0.6) is 0 Å². The first-order valence-corrected chi connectivity index (χ1v) is 6.34. The number of halogens is 1. The highest BCUT2D eigenvalue weighted by atomic mass is 35.5. The van der Waals surface area contributed by atoms with E-state index in [-0.39, 0.29) is 5.15 Å². The molecule has 5 nitrogen and oxygen atoms in total. The molecule has 0 spiro atoms. The molecule has 0 fully saturated rings. The Hall–Kier alpha value is -0.870. The summed E-state index contributed by atoms with van der Waals surface area (Å²) in [5, 5.41) is 12.8. The second-order valence-electron chi connectivity index (χ2n) is 3.47. The average Bonchev–Trinajstić information content (AvgIpc) is 2.67. The number of aromatic nitrogens is 1. The standard InChI is InChI=1S/C10H15ClN4OS/c1-15(5-6-16-2)4-3-13-10-14-9(11)8(7-12)17-10/h3-6H2,1-2H3,(H,13,14). The molecule has 0 saturated heterocycles. The van der Waals surface area contributed by atoms with E-state index in [4.69, 9.17) is 21.6 Å². The molecule has 1 rings (SSSR count). The Morgan fingerprint density at radius 1 is 1.59 bits per heavy atom. The van der Waals surface area contributed by atoms with Gasteiger partial charge in [-0.1, -0.05) is 22.9 Å². The molecular formula is C10H15ClN4OS. The molecule has 0 aliphatic heterocycles. The normalized spacial score (nSPS) is 10.5. The highest BCUT2D eigenvalue weighted by Crippen LogP contribution is 2.25.